The van der Waals surface area contributed by atoms with Gasteiger partial charge in [-0.3, -0.25) is 0 Å². The molecule has 0 spiro atoms. The maximum absolute atomic E-state index is 8.95. The normalized spacial score (nSPS) is 25.6. The number of ether oxygens (including phenoxy) is 2. The van der Waals surface area contributed by atoms with Gasteiger partial charge in [0.25, 0.3) is 0 Å². The molecular weight excluding hydrogens is 216 g/mol. The Morgan fingerprint density at radius 3 is 2.40 bits per heavy atom. The topological polar surface area (TPSA) is 60.5 Å². The summed E-state index contributed by atoms with van der Waals surface area (Å²) in [4.78, 5) is 0. The van der Waals surface area contributed by atoms with Gasteiger partial charge in [-0.15, -0.1) is 0 Å². The molecule has 5 nitrogen and oxygen atoms in total. The third-order valence-corrected chi connectivity index (χ3v) is 5.90. The summed E-state index contributed by atoms with van der Waals surface area (Å²) in [7, 11) is 0.789. The molecule has 1 aliphatic rings. The molecule has 2 atom stereocenters. The Hall–Kier alpha value is 0.0169. The van der Waals surface area contributed by atoms with Crippen LogP contribution in [0.3, 0.4) is 0 Å². The Balaban J connectivity index is 2.46. The lowest BCUT2D eigenvalue weighted by molar-refractivity contribution is 0.118. The van der Waals surface area contributed by atoms with Crippen molar-refractivity contribution in [3.8, 4) is 0 Å². The van der Waals surface area contributed by atoms with Gasteiger partial charge in [-0.2, -0.15) is 0 Å². The Labute approximate surface area is 91.5 Å². The highest BCUT2D eigenvalue weighted by Crippen LogP contribution is 2.32. The van der Waals surface area contributed by atoms with E-state index in [4.69, 9.17) is 23.4 Å². The fraction of sp³-hybridized carbons (Fsp3) is 1.00. The van der Waals surface area contributed by atoms with E-state index in [1.165, 1.54) is 0 Å². The highest BCUT2D eigenvalue weighted by Gasteiger charge is 2.60. The molecule has 0 aromatic carbocycles. The lowest BCUT2D eigenvalue weighted by atomic mass is 10.5. The number of hydrogen-bond acceptors (Lipinski definition) is 5. The molecule has 15 heavy (non-hydrogen) atoms. The lowest BCUT2D eigenvalue weighted by Gasteiger charge is -2.25. The minimum Gasteiger partial charge on any atom is -0.395 e. The van der Waals surface area contributed by atoms with Crippen LogP contribution in [0.2, 0.25) is 0 Å². The summed E-state index contributed by atoms with van der Waals surface area (Å²) in [6.45, 7) is 2.75. The molecule has 1 heterocycles. The Morgan fingerprint density at radius 1 is 1.33 bits per heavy atom. The molecule has 0 amide bonds. The smallest absolute Gasteiger partial charge is 0.395 e. The zero-order valence-corrected chi connectivity index (χ0v) is 10.6. The Bertz CT molecular complexity index is 185. The Kier molecular flexibility index (Phi) is 5.17. The SMILES string of the molecule is CCCOC[Si](OC)(OC)C1OC1CO. The summed E-state index contributed by atoms with van der Waals surface area (Å²) in [6, 6.07) is 0. The zero-order valence-electron chi connectivity index (χ0n) is 9.56. The first-order valence-electron chi connectivity index (χ1n) is 5.18. The van der Waals surface area contributed by atoms with E-state index in [9.17, 15) is 0 Å². The van der Waals surface area contributed by atoms with Crippen molar-refractivity contribution in [1.29, 1.82) is 0 Å². The van der Waals surface area contributed by atoms with Crippen LogP contribution in [0.1, 0.15) is 13.3 Å². The minimum atomic E-state index is -2.44. The first-order chi connectivity index (χ1) is 7.24. The van der Waals surface area contributed by atoms with Gasteiger partial charge in [0.1, 0.15) is 11.8 Å². The summed E-state index contributed by atoms with van der Waals surface area (Å²) in [6.07, 6.45) is 1.28. The maximum Gasteiger partial charge on any atom is 0.397 e. The van der Waals surface area contributed by atoms with E-state index in [2.05, 4.69) is 0 Å². The summed E-state index contributed by atoms with van der Waals surface area (Å²) in [5.74, 6) is 0. The van der Waals surface area contributed by atoms with Crippen LogP contribution in [0.25, 0.3) is 0 Å². The number of hydrogen-bond donors (Lipinski definition) is 1. The number of aliphatic hydroxyl groups excluding tert-OH is 1. The summed E-state index contributed by atoms with van der Waals surface area (Å²) in [5.41, 5.74) is -0.102. The minimum absolute atomic E-state index is 0.0138. The molecule has 0 aromatic heterocycles. The number of epoxide rings is 1. The van der Waals surface area contributed by atoms with Gasteiger partial charge in [0.2, 0.25) is 0 Å². The van der Waals surface area contributed by atoms with Gasteiger partial charge in [-0.25, -0.2) is 0 Å². The lowest BCUT2D eigenvalue weighted by Crippen LogP contribution is -2.52. The zero-order chi connectivity index (χ0) is 11.3. The summed E-state index contributed by atoms with van der Waals surface area (Å²) in [5, 5.41) is 8.95. The molecule has 1 aliphatic heterocycles. The van der Waals surface area contributed by atoms with E-state index in [1.54, 1.807) is 14.2 Å². The first kappa shape index (κ1) is 13.1. The van der Waals surface area contributed by atoms with Crippen LogP contribution in [0.15, 0.2) is 0 Å². The summed E-state index contributed by atoms with van der Waals surface area (Å²) < 4.78 is 21.7. The average Bonchev–Trinajstić information content (AvgIpc) is 3.05. The third-order valence-electron chi connectivity index (χ3n) is 2.54. The van der Waals surface area contributed by atoms with Crippen molar-refractivity contribution in [3.05, 3.63) is 0 Å². The predicted molar refractivity (Wildman–Crippen MR) is 56.6 cm³/mol. The second kappa shape index (κ2) is 5.93. The highest BCUT2D eigenvalue weighted by molar-refractivity contribution is 6.69. The van der Waals surface area contributed by atoms with Crippen LogP contribution < -0.4 is 0 Å². The van der Waals surface area contributed by atoms with Gasteiger partial charge in [-0.1, -0.05) is 6.92 Å². The molecule has 0 saturated carbocycles. The molecule has 0 aliphatic carbocycles. The van der Waals surface area contributed by atoms with Gasteiger partial charge >= 0.3 is 8.56 Å². The molecule has 0 bridgehead atoms. The van der Waals surface area contributed by atoms with Crippen LogP contribution in [0.4, 0.5) is 0 Å². The second-order valence-electron chi connectivity index (χ2n) is 3.55. The van der Waals surface area contributed by atoms with Crippen molar-refractivity contribution < 1.29 is 23.4 Å². The van der Waals surface area contributed by atoms with Gasteiger partial charge in [0.05, 0.1) is 12.8 Å². The van der Waals surface area contributed by atoms with Crippen molar-refractivity contribution in [2.45, 2.75) is 25.2 Å². The van der Waals surface area contributed by atoms with E-state index in [1.807, 2.05) is 6.92 Å². The molecule has 1 N–H and O–H groups in total. The van der Waals surface area contributed by atoms with Crippen LogP contribution >= 0.6 is 0 Å². The molecule has 1 rings (SSSR count). The van der Waals surface area contributed by atoms with Crippen molar-refractivity contribution in [3.63, 3.8) is 0 Å². The monoisotopic (exact) mass is 236 g/mol. The third kappa shape index (κ3) is 2.99. The van der Waals surface area contributed by atoms with E-state index in [0.29, 0.717) is 12.8 Å². The van der Waals surface area contributed by atoms with Crippen LogP contribution in [-0.4, -0.2) is 59.2 Å². The Morgan fingerprint density at radius 2 is 2.00 bits per heavy atom. The number of aliphatic hydroxyl groups is 1. The molecule has 6 heteroatoms. The standard InChI is InChI=1S/C9H20O5Si/c1-4-5-13-7-15(11-2,12-3)9-8(6-10)14-9/h8-10H,4-7H2,1-3H3. The van der Waals surface area contributed by atoms with Crippen LogP contribution in [-0.2, 0) is 18.3 Å². The predicted octanol–water partition coefficient (Wildman–Crippen LogP) is -0.0139. The van der Waals surface area contributed by atoms with Crippen molar-refractivity contribution >= 4 is 8.56 Å². The molecule has 2 unspecified atom stereocenters. The molecule has 0 aromatic rings. The number of rotatable bonds is 8. The van der Waals surface area contributed by atoms with E-state index in [0.717, 1.165) is 6.42 Å². The van der Waals surface area contributed by atoms with Gasteiger partial charge in [0.15, 0.2) is 0 Å². The molecule has 0 radical (unpaired) electrons. The van der Waals surface area contributed by atoms with Crippen molar-refractivity contribution in [1.82, 2.24) is 0 Å². The van der Waals surface area contributed by atoms with Crippen molar-refractivity contribution in [2.75, 3.05) is 33.7 Å². The maximum atomic E-state index is 8.95. The van der Waals surface area contributed by atoms with Crippen LogP contribution in [0.5, 0.6) is 0 Å². The largest absolute Gasteiger partial charge is 0.397 e. The molecule has 1 fully saturated rings. The summed E-state index contributed by atoms with van der Waals surface area (Å²) >= 11 is 0. The second-order valence-corrected chi connectivity index (χ2v) is 6.85. The van der Waals surface area contributed by atoms with E-state index in [-0.39, 0.29) is 18.4 Å². The molecule has 90 valence electrons. The highest BCUT2D eigenvalue weighted by atomic mass is 28.4. The fourth-order valence-electron chi connectivity index (χ4n) is 1.54. The quantitative estimate of drug-likeness (QED) is 0.365. The molecular formula is C9H20O5Si. The van der Waals surface area contributed by atoms with Gasteiger partial charge < -0.3 is 23.4 Å². The van der Waals surface area contributed by atoms with Crippen LogP contribution in [0, 0.1) is 0 Å². The van der Waals surface area contributed by atoms with E-state index >= 15 is 0 Å². The molecule has 1 saturated heterocycles. The average molecular weight is 236 g/mol. The fourth-order valence-corrected chi connectivity index (χ4v) is 4.06. The van der Waals surface area contributed by atoms with Gasteiger partial charge in [-0.05, 0) is 6.42 Å². The van der Waals surface area contributed by atoms with Crippen molar-refractivity contribution in [2.24, 2.45) is 0 Å². The first-order valence-corrected chi connectivity index (χ1v) is 7.28. The van der Waals surface area contributed by atoms with Gasteiger partial charge in [0, 0.05) is 20.8 Å². The van der Waals surface area contributed by atoms with E-state index < -0.39 is 8.56 Å².